The highest BCUT2D eigenvalue weighted by molar-refractivity contribution is 5.76. The Morgan fingerprint density at radius 2 is 2.08 bits per heavy atom. The lowest BCUT2D eigenvalue weighted by atomic mass is 10.2. The highest BCUT2D eigenvalue weighted by atomic mass is 16.5. The number of para-hydroxylation sites is 2. The van der Waals surface area contributed by atoms with Crippen LogP contribution in [-0.4, -0.2) is 29.0 Å². The molecule has 1 aromatic heterocycles. The Morgan fingerprint density at radius 1 is 1.20 bits per heavy atom. The number of nitrogens with one attached hydrogen (secondary N) is 2. The minimum Gasteiger partial charge on any atom is -0.492 e. The van der Waals surface area contributed by atoms with Crippen LogP contribution in [0.2, 0.25) is 0 Å². The summed E-state index contributed by atoms with van der Waals surface area (Å²) in [5.41, 5.74) is 3.16. The van der Waals surface area contributed by atoms with Crippen LogP contribution in [0.15, 0.2) is 48.5 Å². The third-order valence-electron chi connectivity index (χ3n) is 3.94. The monoisotopic (exact) mass is 337 g/mol. The maximum absolute atomic E-state index is 11.9. The van der Waals surface area contributed by atoms with Gasteiger partial charge in [0.15, 0.2) is 0 Å². The molecule has 5 heteroatoms. The third-order valence-corrected chi connectivity index (χ3v) is 3.94. The minimum absolute atomic E-state index is 0.0453. The fraction of sp³-hybridized carbons (Fsp3) is 0.300. The molecule has 0 aliphatic carbocycles. The van der Waals surface area contributed by atoms with Gasteiger partial charge in [-0.3, -0.25) is 4.79 Å². The van der Waals surface area contributed by atoms with E-state index in [-0.39, 0.29) is 5.91 Å². The van der Waals surface area contributed by atoms with Crippen molar-refractivity contribution in [3.63, 3.8) is 0 Å². The number of amides is 1. The Labute approximate surface area is 147 Å². The summed E-state index contributed by atoms with van der Waals surface area (Å²) in [5.74, 6) is 1.81. The first-order valence-corrected chi connectivity index (χ1v) is 8.60. The van der Waals surface area contributed by atoms with E-state index in [9.17, 15) is 4.79 Å². The van der Waals surface area contributed by atoms with E-state index < -0.39 is 0 Å². The second kappa shape index (κ2) is 8.33. The van der Waals surface area contributed by atoms with Gasteiger partial charge in [-0.1, -0.05) is 24.3 Å². The Kier molecular flexibility index (Phi) is 5.67. The van der Waals surface area contributed by atoms with Gasteiger partial charge in [0.25, 0.3) is 0 Å². The fourth-order valence-corrected chi connectivity index (χ4v) is 2.69. The summed E-state index contributed by atoms with van der Waals surface area (Å²) in [6, 6.07) is 15.8. The number of rotatable bonds is 8. The molecule has 1 amide bonds. The van der Waals surface area contributed by atoms with Gasteiger partial charge in [0, 0.05) is 12.8 Å². The smallest absolute Gasteiger partial charge is 0.220 e. The molecule has 0 aliphatic heterocycles. The number of aromatic amines is 1. The van der Waals surface area contributed by atoms with Gasteiger partial charge < -0.3 is 15.0 Å². The maximum Gasteiger partial charge on any atom is 0.220 e. The van der Waals surface area contributed by atoms with E-state index in [2.05, 4.69) is 15.3 Å². The highest BCUT2D eigenvalue weighted by Gasteiger charge is 2.05. The number of benzene rings is 2. The molecule has 0 bridgehead atoms. The molecule has 0 saturated carbocycles. The zero-order valence-corrected chi connectivity index (χ0v) is 14.4. The zero-order valence-electron chi connectivity index (χ0n) is 14.4. The van der Waals surface area contributed by atoms with Crippen molar-refractivity contribution >= 4 is 16.9 Å². The molecule has 25 heavy (non-hydrogen) atoms. The van der Waals surface area contributed by atoms with Gasteiger partial charge >= 0.3 is 0 Å². The summed E-state index contributed by atoms with van der Waals surface area (Å²) in [6.45, 7) is 3.01. The summed E-state index contributed by atoms with van der Waals surface area (Å²) >= 11 is 0. The Balaban J connectivity index is 1.32. The number of imidazole rings is 1. The van der Waals surface area contributed by atoms with E-state index in [0.29, 0.717) is 19.6 Å². The number of aromatic nitrogens is 2. The summed E-state index contributed by atoms with van der Waals surface area (Å²) in [6.07, 6.45) is 2.02. The van der Waals surface area contributed by atoms with Gasteiger partial charge in [-0.05, 0) is 43.2 Å². The average molecular weight is 337 g/mol. The quantitative estimate of drug-likeness (QED) is 0.619. The lowest BCUT2D eigenvalue weighted by Crippen LogP contribution is -2.27. The van der Waals surface area contributed by atoms with Gasteiger partial charge in [0.1, 0.15) is 18.2 Å². The van der Waals surface area contributed by atoms with Crippen molar-refractivity contribution in [2.75, 3.05) is 13.2 Å². The molecule has 2 aromatic carbocycles. The predicted molar refractivity (Wildman–Crippen MR) is 98.7 cm³/mol. The number of nitrogens with zero attached hydrogens (tertiary/aromatic N) is 1. The van der Waals surface area contributed by atoms with Gasteiger partial charge in [0.05, 0.1) is 17.6 Å². The van der Waals surface area contributed by atoms with E-state index in [1.807, 2.05) is 55.5 Å². The van der Waals surface area contributed by atoms with Crippen LogP contribution in [-0.2, 0) is 11.2 Å². The summed E-state index contributed by atoms with van der Waals surface area (Å²) in [7, 11) is 0. The third kappa shape index (κ3) is 5.08. The van der Waals surface area contributed by atoms with Crippen molar-refractivity contribution in [3.8, 4) is 5.75 Å². The number of aryl methyl sites for hydroxylation is 2. The topological polar surface area (TPSA) is 67.0 Å². The molecule has 3 aromatic rings. The molecule has 0 unspecified atom stereocenters. The maximum atomic E-state index is 11.9. The first-order valence-electron chi connectivity index (χ1n) is 8.60. The Hall–Kier alpha value is -2.82. The van der Waals surface area contributed by atoms with Crippen molar-refractivity contribution < 1.29 is 9.53 Å². The van der Waals surface area contributed by atoms with E-state index >= 15 is 0 Å². The molecule has 0 saturated heterocycles. The number of hydrogen-bond donors (Lipinski definition) is 2. The van der Waals surface area contributed by atoms with Crippen LogP contribution in [0.1, 0.15) is 24.2 Å². The molecule has 0 radical (unpaired) electrons. The standard InChI is InChI=1S/C20H23N3O2/c1-15-6-4-7-16(14-15)25-13-12-21-20(24)11-5-10-19-22-17-8-2-3-9-18(17)23-19/h2-4,6-9,14H,5,10-13H2,1H3,(H,21,24)(H,22,23). The van der Waals surface area contributed by atoms with Gasteiger partial charge in [0.2, 0.25) is 5.91 Å². The minimum atomic E-state index is 0.0453. The largest absolute Gasteiger partial charge is 0.492 e. The number of carbonyl (C=O) groups excluding carboxylic acids is 1. The molecule has 3 rings (SSSR count). The lowest BCUT2D eigenvalue weighted by molar-refractivity contribution is -0.121. The van der Waals surface area contributed by atoms with Crippen LogP contribution in [0.5, 0.6) is 5.75 Å². The van der Waals surface area contributed by atoms with Crippen molar-refractivity contribution in [1.29, 1.82) is 0 Å². The fourth-order valence-electron chi connectivity index (χ4n) is 2.69. The predicted octanol–water partition coefficient (Wildman–Crippen LogP) is 3.39. The molecule has 5 nitrogen and oxygen atoms in total. The molecule has 130 valence electrons. The second-order valence-electron chi connectivity index (χ2n) is 6.07. The number of ether oxygens (including phenoxy) is 1. The highest BCUT2D eigenvalue weighted by Crippen LogP contribution is 2.12. The van der Waals surface area contributed by atoms with E-state index in [1.165, 1.54) is 0 Å². The Bertz CT molecular complexity index is 809. The van der Waals surface area contributed by atoms with E-state index in [1.54, 1.807) is 0 Å². The average Bonchev–Trinajstić information content (AvgIpc) is 3.01. The van der Waals surface area contributed by atoms with E-state index in [0.717, 1.165) is 41.0 Å². The van der Waals surface area contributed by atoms with Crippen molar-refractivity contribution in [1.82, 2.24) is 15.3 Å². The summed E-state index contributed by atoms with van der Waals surface area (Å²) in [4.78, 5) is 19.7. The molecule has 2 N–H and O–H groups in total. The molecule has 0 spiro atoms. The van der Waals surface area contributed by atoms with Crippen LogP contribution in [0.4, 0.5) is 0 Å². The Morgan fingerprint density at radius 3 is 2.92 bits per heavy atom. The van der Waals surface area contributed by atoms with Gasteiger partial charge in [-0.15, -0.1) is 0 Å². The van der Waals surface area contributed by atoms with Crippen LogP contribution in [0.25, 0.3) is 11.0 Å². The first kappa shape index (κ1) is 17.0. The van der Waals surface area contributed by atoms with Crippen LogP contribution in [0.3, 0.4) is 0 Å². The number of H-pyrrole nitrogens is 1. The van der Waals surface area contributed by atoms with Gasteiger partial charge in [-0.25, -0.2) is 4.98 Å². The van der Waals surface area contributed by atoms with Crippen LogP contribution >= 0.6 is 0 Å². The number of fused-ring (bicyclic) bond motifs is 1. The summed E-state index contributed by atoms with van der Waals surface area (Å²) < 4.78 is 5.61. The first-order chi connectivity index (χ1) is 12.2. The molecular formula is C20H23N3O2. The number of carbonyl (C=O) groups is 1. The molecule has 0 aliphatic rings. The van der Waals surface area contributed by atoms with E-state index in [4.69, 9.17) is 4.74 Å². The molecule has 1 heterocycles. The zero-order chi connectivity index (χ0) is 17.5. The SMILES string of the molecule is Cc1cccc(OCCNC(=O)CCCc2nc3ccccc3[nH]2)c1. The van der Waals surface area contributed by atoms with Crippen molar-refractivity contribution in [3.05, 3.63) is 59.9 Å². The molecule has 0 atom stereocenters. The van der Waals surface area contributed by atoms with Crippen LogP contribution < -0.4 is 10.1 Å². The van der Waals surface area contributed by atoms with Crippen molar-refractivity contribution in [2.45, 2.75) is 26.2 Å². The number of hydrogen-bond acceptors (Lipinski definition) is 3. The van der Waals surface area contributed by atoms with Crippen molar-refractivity contribution in [2.24, 2.45) is 0 Å². The van der Waals surface area contributed by atoms with Gasteiger partial charge in [-0.2, -0.15) is 0 Å². The lowest BCUT2D eigenvalue weighted by Gasteiger charge is -2.08. The summed E-state index contributed by atoms with van der Waals surface area (Å²) in [5, 5.41) is 2.89. The second-order valence-corrected chi connectivity index (χ2v) is 6.07. The molecular weight excluding hydrogens is 314 g/mol. The van der Waals surface area contributed by atoms with Crippen LogP contribution in [0, 0.1) is 6.92 Å². The normalized spacial score (nSPS) is 10.8. The molecule has 0 fully saturated rings.